The third-order valence-corrected chi connectivity index (χ3v) is 6.46. The molecule has 0 aliphatic rings. The second kappa shape index (κ2) is 9.18. The fourth-order valence-corrected chi connectivity index (χ4v) is 4.66. The summed E-state index contributed by atoms with van der Waals surface area (Å²) < 4.78 is 0. The normalized spacial score (nSPS) is 12.3. The predicted molar refractivity (Wildman–Crippen MR) is 134 cm³/mol. The Morgan fingerprint density at radius 2 is 0.968 bits per heavy atom. The molecule has 0 aromatic heterocycles. The van der Waals surface area contributed by atoms with Crippen molar-refractivity contribution < 1.29 is 0 Å². The van der Waals surface area contributed by atoms with Crippen LogP contribution in [0.15, 0.2) is 115 Å². The van der Waals surface area contributed by atoms with Crippen LogP contribution in [0.2, 0.25) is 0 Å². The fraction of sp³-hybridized carbons (Fsp3) is 0.161. The lowest BCUT2D eigenvalue weighted by Crippen LogP contribution is -2.03. The minimum absolute atomic E-state index is 0.552. The van der Waals surface area contributed by atoms with Crippen LogP contribution in [-0.2, 0) is 12.8 Å². The summed E-state index contributed by atoms with van der Waals surface area (Å²) in [4.78, 5) is 0. The largest absolute Gasteiger partial charge is 0.0622 e. The Bertz CT molecular complexity index is 1280. The molecule has 5 aromatic carbocycles. The molecule has 0 fully saturated rings. The minimum Gasteiger partial charge on any atom is -0.0622 e. The van der Waals surface area contributed by atoms with Crippen molar-refractivity contribution in [2.45, 2.75) is 31.6 Å². The lowest BCUT2D eigenvalue weighted by molar-refractivity contribution is 0.577. The molecule has 0 saturated heterocycles. The Morgan fingerprint density at radius 1 is 0.419 bits per heavy atom. The highest BCUT2D eigenvalue weighted by Gasteiger charge is 2.13. The maximum absolute atomic E-state index is 2.41. The maximum Gasteiger partial charge on any atom is -0.0155 e. The van der Waals surface area contributed by atoms with Gasteiger partial charge in [-0.1, -0.05) is 115 Å². The van der Waals surface area contributed by atoms with E-state index in [0.29, 0.717) is 5.92 Å². The standard InChI is InChI=1S/C31H28/c1-2-8-24(9-3-1)14-17-28(31-21-20-27-11-5-7-13-30(27)23-31)19-16-25-15-18-26-10-4-6-12-29(26)22-25/h1-13,15,18,20-23,28H,14,16-17,19H2. The number of hydrogen-bond donors (Lipinski definition) is 0. The quantitative estimate of drug-likeness (QED) is 0.257. The lowest BCUT2D eigenvalue weighted by atomic mass is 9.86. The number of aryl methyl sites for hydroxylation is 2. The van der Waals surface area contributed by atoms with Gasteiger partial charge >= 0.3 is 0 Å². The van der Waals surface area contributed by atoms with E-state index in [0.717, 1.165) is 12.8 Å². The number of hydrogen-bond acceptors (Lipinski definition) is 0. The van der Waals surface area contributed by atoms with E-state index in [2.05, 4.69) is 115 Å². The van der Waals surface area contributed by atoms with Gasteiger partial charge in [-0.25, -0.2) is 0 Å². The summed E-state index contributed by atoms with van der Waals surface area (Å²) in [6.45, 7) is 0. The van der Waals surface area contributed by atoms with E-state index in [1.54, 1.807) is 0 Å². The first-order valence-corrected chi connectivity index (χ1v) is 11.4. The molecular weight excluding hydrogens is 372 g/mol. The van der Waals surface area contributed by atoms with Crippen LogP contribution >= 0.6 is 0 Å². The van der Waals surface area contributed by atoms with Crippen molar-refractivity contribution in [2.75, 3.05) is 0 Å². The van der Waals surface area contributed by atoms with Crippen molar-refractivity contribution in [3.05, 3.63) is 132 Å². The molecule has 1 unspecified atom stereocenters. The maximum atomic E-state index is 2.41. The molecule has 0 N–H and O–H groups in total. The first-order valence-electron chi connectivity index (χ1n) is 11.4. The third-order valence-electron chi connectivity index (χ3n) is 6.46. The molecule has 0 heterocycles. The Balaban J connectivity index is 1.39. The van der Waals surface area contributed by atoms with E-state index in [4.69, 9.17) is 0 Å². The van der Waals surface area contributed by atoms with E-state index in [1.165, 1.54) is 51.1 Å². The van der Waals surface area contributed by atoms with Gasteiger partial charge in [0.2, 0.25) is 0 Å². The molecule has 0 spiro atoms. The van der Waals surface area contributed by atoms with Crippen LogP contribution in [0.4, 0.5) is 0 Å². The van der Waals surface area contributed by atoms with Crippen molar-refractivity contribution in [1.82, 2.24) is 0 Å². The number of fused-ring (bicyclic) bond motifs is 2. The molecule has 31 heavy (non-hydrogen) atoms. The van der Waals surface area contributed by atoms with Crippen LogP contribution in [0.3, 0.4) is 0 Å². The van der Waals surface area contributed by atoms with Gasteiger partial charge in [0.1, 0.15) is 0 Å². The Hall–Kier alpha value is -3.38. The Kier molecular flexibility index (Phi) is 5.80. The van der Waals surface area contributed by atoms with E-state index < -0.39 is 0 Å². The molecule has 0 nitrogen and oxygen atoms in total. The molecule has 1 atom stereocenters. The average Bonchev–Trinajstić information content (AvgIpc) is 2.84. The highest BCUT2D eigenvalue weighted by Crippen LogP contribution is 2.30. The first kappa shape index (κ1) is 19.6. The van der Waals surface area contributed by atoms with Crippen LogP contribution in [0.1, 0.15) is 35.4 Å². The van der Waals surface area contributed by atoms with Gasteiger partial charge in [-0.2, -0.15) is 0 Å². The van der Waals surface area contributed by atoms with E-state index in [9.17, 15) is 0 Å². The van der Waals surface area contributed by atoms with Crippen molar-refractivity contribution in [3.63, 3.8) is 0 Å². The van der Waals surface area contributed by atoms with Gasteiger partial charge in [0.15, 0.2) is 0 Å². The number of rotatable bonds is 7. The first-order chi connectivity index (χ1) is 15.3. The number of benzene rings is 5. The molecule has 0 heteroatoms. The van der Waals surface area contributed by atoms with Crippen molar-refractivity contribution in [1.29, 1.82) is 0 Å². The molecule has 0 bridgehead atoms. The zero-order chi connectivity index (χ0) is 20.9. The Labute approximate surface area is 185 Å². The summed E-state index contributed by atoms with van der Waals surface area (Å²) in [5.41, 5.74) is 4.33. The van der Waals surface area contributed by atoms with Crippen LogP contribution in [-0.4, -0.2) is 0 Å². The molecule has 5 rings (SSSR count). The summed E-state index contributed by atoms with van der Waals surface area (Å²) >= 11 is 0. The van der Waals surface area contributed by atoms with Gasteiger partial charge in [0.25, 0.3) is 0 Å². The van der Waals surface area contributed by atoms with E-state index in [1.807, 2.05) is 0 Å². The molecule has 0 aliphatic carbocycles. The molecule has 0 aliphatic heterocycles. The summed E-state index contributed by atoms with van der Waals surface area (Å²) in [7, 11) is 0. The fourth-order valence-electron chi connectivity index (χ4n) is 4.66. The van der Waals surface area contributed by atoms with Gasteiger partial charge in [-0.3, -0.25) is 0 Å². The zero-order valence-corrected chi connectivity index (χ0v) is 17.9. The van der Waals surface area contributed by atoms with Crippen LogP contribution in [0, 0.1) is 0 Å². The van der Waals surface area contributed by atoms with Crippen LogP contribution in [0.5, 0.6) is 0 Å². The average molecular weight is 401 g/mol. The topological polar surface area (TPSA) is 0 Å². The molecular formula is C31H28. The van der Waals surface area contributed by atoms with Gasteiger partial charge < -0.3 is 0 Å². The van der Waals surface area contributed by atoms with E-state index in [-0.39, 0.29) is 0 Å². The van der Waals surface area contributed by atoms with Crippen LogP contribution in [0.25, 0.3) is 21.5 Å². The summed E-state index contributed by atoms with van der Waals surface area (Å²) in [6.07, 6.45) is 4.58. The molecule has 0 amide bonds. The van der Waals surface area contributed by atoms with Gasteiger partial charge in [0, 0.05) is 0 Å². The summed E-state index contributed by atoms with van der Waals surface area (Å²) in [6, 6.07) is 42.2. The summed E-state index contributed by atoms with van der Waals surface area (Å²) in [5, 5.41) is 5.32. The van der Waals surface area contributed by atoms with Crippen molar-refractivity contribution >= 4 is 21.5 Å². The molecule has 152 valence electrons. The predicted octanol–water partition coefficient (Wildman–Crippen LogP) is 8.34. The third kappa shape index (κ3) is 4.70. The van der Waals surface area contributed by atoms with Crippen molar-refractivity contribution in [3.8, 4) is 0 Å². The van der Waals surface area contributed by atoms with Crippen LogP contribution < -0.4 is 0 Å². The monoisotopic (exact) mass is 400 g/mol. The molecule has 0 radical (unpaired) electrons. The lowest BCUT2D eigenvalue weighted by Gasteiger charge is -2.19. The van der Waals surface area contributed by atoms with Crippen molar-refractivity contribution in [2.24, 2.45) is 0 Å². The summed E-state index contributed by atoms with van der Waals surface area (Å²) in [5.74, 6) is 0.552. The second-order valence-corrected chi connectivity index (χ2v) is 8.55. The Morgan fingerprint density at radius 3 is 1.68 bits per heavy atom. The van der Waals surface area contributed by atoms with Gasteiger partial charge in [-0.05, 0) is 69.8 Å². The van der Waals surface area contributed by atoms with E-state index >= 15 is 0 Å². The smallest absolute Gasteiger partial charge is 0.0155 e. The second-order valence-electron chi connectivity index (χ2n) is 8.55. The van der Waals surface area contributed by atoms with Gasteiger partial charge in [-0.15, -0.1) is 0 Å². The molecule has 5 aromatic rings. The van der Waals surface area contributed by atoms with Gasteiger partial charge in [0.05, 0.1) is 0 Å². The minimum atomic E-state index is 0.552. The highest BCUT2D eigenvalue weighted by atomic mass is 14.2. The zero-order valence-electron chi connectivity index (χ0n) is 17.9. The molecule has 0 saturated carbocycles. The SMILES string of the molecule is c1ccc(CCC(CCc2ccc3ccccc3c2)c2ccc3ccccc3c2)cc1. The highest BCUT2D eigenvalue weighted by molar-refractivity contribution is 5.83.